The molecule has 2 N–H and O–H groups in total. The number of ether oxygens (including phenoxy) is 1. The largest absolute Gasteiger partial charge is 0.459 e. The zero-order valence-corrected chi connectivity index (χ0v) is 11.0. The molecule has 1 rings (SSSR count). The number of hydrogen-bond donors (Lipinski definition) is 2. The molecule has 1 saturated carbocycles. The van der Waals surface area contributed by atoms with Crippen LogP contribution in [0.15, 0.2) is 0 Å². The second-order valence-electron chi connectivity index (χ2n) is 4.82. The minimum Gasteiger partial charge on any atom is -0.459 e. The van der Waals surface area contributed by atoms with Gasteiger partial charge in [0.1, 0.15) is 0 Å². The monoisotopic (exact) mass is 257 g/mol. The molecule has 1 amide bonds. The molecule has 0 aromatic rings. The summed E-state index contributed by atoms with van der Waals surface area (Å²) < 4.78 is 4.55. The second kappa shape index (κ2) is 8.08. The molecule has 1 aliphatic carbocycles. The Balaban J connectivity index is 2.17. The number of esters is 1. The standard InChI is InChI=1S/C13H23NO4/c1-2-18-13(17)12(16)14-9-11(15)8-10-6-4-3-5-7-10/h10-11,15H,2-9H2,1H3,(H,14,16). The van der Waals surface area contributed by atoms with E-state index in [1.54, 1.807) is 6.92 Å². The van der Waals surface area contributed by atoms with Gasteiger partial charge in [0.25, 0.3) is 0 Å². The van der Waals surface area contributed by atoms with E-state index in [9.17, 15) is 14.7 Å². The fourth-order valence-corrected chi connectivity index (χ4v) is 2.37. The fraction of sp³-hybridized carbons (Fsp3) is 0.846. The van der Waals surface area contributed by atoms with Crippen molar-refractivity contribution in [2.45, 2.75) is 51.6 Å². The van der Waals surface area contributed by atoms with Crippen molar-refractivity contribution >= 4 is 11.9 Å². The van der Waals surface area contributed by atoms with Gasteiger partial charge in [-0.05, 0) is 19.3 Å². The molecular weight excluding hydrogens is 234 g/mol. The van der Waals surface area contributed by atoms with Gasteiger partial charge in [-0.2, -0.15) is 0 Å². The first-order valence-electron chi connectivity index (χ1n) is 6.76. The molecule has 1 atom stereocenters. The van der Waals surface area contributed by atoms with Crippen molar-refractivity contribution in [3.05, 3.63) is 0 Å². The van der Waals surface area contributed by atoms with Crippen LogP contribution in [0, 0.1) is 5.92 Å². The van der Waals surface area contributed by atoms with Gasteiger partial charge in [0, 0.05) is 6.54 Å². The quantitative estimate of drug-likeness (QED) is 0.569. The third-order valence-corrected chi connectivity index (χ3v) is 3.29. The molecule has 0 aromatic carbocycles. The number of carbonyl (C=O) groups is 2. The number of carbonyl (C=O) groups excluding carboxylic acids is 2. The van der Waals surface area contributed by atoms with E-state index in [2.05, 4.69) is 10.1 Å². The molecule has 1 unspecified atom stereocenters. The Kier molecular flexibility index (Phi) is 6.72. The summed E-state index contributed by atoms with van der Waals surface area (Å²) in [7, 11) is 0. The van der Waals surface area contributed by atoms with E-state index in [1.807, 2.05) is 0 Å². The highest BCUT2D eigenvalue weighted by Gasteiger charge is 2.19. The molecule has 0 aliphatic heterocycles. The van der Waals surface area contributed by atoms with E-state index in [0.29, 0.717) is 12.3 Å². The average Bonchev–Trinajstić information content (AvgIpc) is 2.37. The Morgan fingerprint density at radius 1 is 1.33 bits per heavy atom. The zero-order valence-electron chi connectivity index (χ0n) is 11.0. The molecule has 5 nitrogen and oxygen atoms in total. The van der Waals surface area contributed by atoms with Crippen LogP contribution in [-0.2, 0) is 14.3 Å². The van der Waals surface area contributed by atoms with Crippen molar-refractivity contribution in [1.29, 1.82) is 0 Å². The lowest BCUT2D eigenvalue weighted by atomic mass is 9.85. The highest BCUT2D eigenvalue weighted by Crippen LogP contribution is 2.27. The van der Waals surface area contributed by atoms with Gasteiger partial charge in [0.15, 0.2) is 0 Å². The molecule has 104 valence electrons. The lowest BCUT2D eigenvalue weighted by molar-refractivity contribution is -0.154. The summed E-state index contributed by atoms with van der Waals surface area (Å²) in [5.74, 6) is -1.12. The van der Waals surface area contributed by atoms with Crippen LogP contribution in [0.5, 0.6) is 0 Å². The number of aliphatic hydroxyl groups excluding tert-OH is 1. The van der Waals surface area contributed by atoms with E-state index >= 15 is 0 Å². The summed E-state index contributed by atoms with van der Waals surface area (Å²) in [6, 6.07) is 0. The average molecular weight is 257 g/mol. The normalized spacial score (nSPS) is 18.1. The molecule has 0 saturated heterocycles. The maximum atomic E-state index is 11.2. The van der Waals surface area contributed by atoms with Gasteiger partial charge in [-0.1, -0.05) is 32.1 Å². The number of nitrogens with one attached hydrogen (secondary N) is 1. The van der Waals surface area contributed by atoms with Gasteiger partial charge in [-0.25, -0.2) is 4.79 Å². The summed E-state index contributed by atoms with van der Waals surface area (Å²) in [5.41, 5.74) is 0. The van der Waals surface area contributed by atoms with E-state index in [4.69, 9.17) is 0 Å². The first-order chi connectivity index (χ1) is 8.63. The van der Waals surface area contributed by atoms with Crippen molar-refractivity contribution < 1.29 is 19.4 Å². The SMILES string of the molecule is CCOC(=O)C(=O)NCC(O)CC1CCCCC1. The van der Waals surface area contributed by atoms with Gasteiger partial charge >= 0.3 is 11.9 Å². The van der Waals surface area contributed by atoms with Crippen molar-refractivity contribution in [3.63, 3.8) is 0 Å². The molecule has 0 aromatic heterocycles. The van der Waals surface area contributed by atoms with E-state index in [-0.39, 0.29) is 13.2 Å². The predicted molar refractivity (Wildman–Crippen MR) is 66.8 cm³/mol. The minimum absolute atomic E-state index is 0.119. The van der Waals surface area contributed by atoms with Gasteiger partial charge in [-0.3, -0.25) is 4.79 Å². The molecule has 0 spiro atoms. The predicted octanol–water partition coefficient (Wildman–Crippen LogP) is 0.997. The molecule has 18 heavy (non-hydrogen) atoms. The molecule has 5 heteroatoms. The summed E-state index contributed by atoms with van der Waals surface area (Å²) in [4.78, 5) is 22.3. The first-order valence-corrected chi connectivity index (χ1v) is 6.76. The number of aliphatic hydroxyl groups is 1. The van der Waals surface area contributed by atoms with Crippen LogP contribution in [-0.4, -0.2) is 36.2 Å². The molecule has 0 heterocycles. The first kappa shape index (κ1) is 15.0. The summed E-state index contributed by atoms with van der Waals surface area (Å²) in [6.45, 7) is 1.94. The molecule has 0 bridgehead atoms. The second-order valence-corrected chi connectivity index (χ2v) is 4.82. The van der Waals surface area contributed by atoms with E-state index in [0.717, 1.165) is 12.8 Å². The van der Waals surface area contributed by atoms with Crippen molar-refractivity contribution in [2.75, 3.05) is 13.2 Å². The van der Waals surface area contributed by atoms with Gasteiger partial charge in [0.2, 0.25) is 0 Å². The van der Waals surface area contributed by atoms with Crippen molar-refractivity contribution in [2.24, 2.45) is 5.92 Å². The van der Waals surface area contributed by atoms with Crippen LogP contribution in [0.1, 0.15) is 45.4 Å². The smallest absolute Gasteiger partial charge is 0.396 e. The van der Waals surface area contributed by atoms with Crippen LogP contribution >= 0.6 is 0 Å². The van der Waals surface area contributed by atoms with Gasteiger partial charge in [-0.15, -0.1) is 0 Å². The lowest BCUT2D eigenvalue weighted by Crippen LogP contribution is -2.38. The topological polar surface area (TPSA) is 75.6 Å². The Morgan fingerprint density at radius 2 is 2.00 bits per heavy atom. The number of amides is 1. The van der Waals surface area contributed by atoms with Gasteiger partial charge in [0.05, 0.1) is 12.7 Å². The third-order valence-electron chi connectivity index (χ3n) is 3.29. The summed E-state index contributed by atoms with van der Waals surface area (Å²) in [5, 5.41) is 12.2. The minimum atomic E-state index is -0.887. The van der Waals surface area contributed by atoms with Crippen LogP contribution in [0.2, 0.25) is 0 Å². The van der Waals surface area contributed by atoms with Gasteiger partial charge < -0.3 is 15.2 Å². The Bertz CT molecular complexity index is 274. The number of rotatable bonds is 5. The lowest BCUT2D eigenvalue weighted by Gasteiger charge is -2.23. The van der Waals surface area contributed by atoms with Crippen LogP contribution in [0.3, 0.4) is 0 Å². The van der Waals surface area contributed by atoms with Crippen LogP contribution in [0.25, 0.3) is 0 Å². The van der Waals surface area contributed by atoms with E-state index in [1.165, 1.54) is 19.3 Å². The summed E-state index contributed by atoms with van der Waals surface area (Å²) >= 11 is 0. The zero-order chi connectivity index (χ0) is 13.4. The van der Waals surface area contributed by atoms with Crippen LogP contribution < -0.4 is 5.32 Å². The Morgan fingerprint density at radius 3 is 2.61 bits per heavy atom. The molecular formula is C13H23NO4. The van der Waals surface area contributed by atoms with Crippen LogP contribution in [0.4, 0.5) is 0 Å². The molecule has 1 aliphatic rings. The van der Waals surface area contributed by atoms with Crippen molar-refractivity contribution in [1.82, 2.24) is 5.32 Å². The van der Waals surface area contributed by atoms with E-state index < -0.39 is 18.0 Å². The summed E-state index contributed by atoms with van der Waals surface area (Å²) in [6.07, 6.45) is 6.17. The molecule has 1 fully saturated rings. The Labute approximate surface area is 108 Å². The van der Waals surface area contributed by atoms with Crippen molar-refractivity contribution in [3.8, 4) is 0 Å². The Hall–Kier alpha value is -1.10. The highest BCUT2D eigenvalue weighted by molar-refractivity contribution is 6.32. The maximum Gasteiger partial charge on any atom is 0.396 e. The highest BCUT2D eigenvalue weighted by atomic mass is 16.5. The molecule has 0 radical (unpaired) electrons. The maximum absolute atomic E-state index is 11.2. The fourth-order valence-electron chi connectivity index (χ4n) is 2.37. The number of hydrogen-bond acceptors (Lipinski definition) is 4. The third kappa shape index (κ3) is 5.49.